The number of aryl methyl sites for hydroxylation is 1. The number of nitrogens with zero attached hydrogens (tertiary/aromatic N) is 4. The number of ether oxygens (including phenoxy) is 2. The molecule has 0 saturated carbocycles. The zero-order valence-electron chi connectivity index (χ0n) is 33.9. The molecule has 0 aliphatic carbocycles. The minimum Gasteiger partial charge on any atom is -1.00 e. The van der Waals surface area contributed by atoms with E-state index in [1.54, 1.807) is 12.1 Å². The van der Waals surface area contributed by atoms with Gasteiger partial charge in [-0.2, -0.15) is 0 Å². The molecule has 0 aromatic heterocycles. The number of hydrogen-bond acceptors (Lipinski definition) is 7. The van der Waals surface area contributed by atoms with Gasteiger partial charge in [0.2, 0.25) is 0 Å². The molecule has 1 saturated heterocycles. The van der Waals surface area contributed by atoms with Crippen LogP contribution >= 0.6 is 12.2 Å². The number of carbonyl (C=O) groups is 1. The Balaban J connectivity index is 0.00000420. The second-order valence-corrected chi connectivity index (χ2v) is 15.9. The summed E-state index contributed by atoms with van der Waals surface area (Å²) in [5.41, 5.74) is 3.82. The Morgan fingerprint density at radius 1 is 0.929 bits per heavy atom. The van der Waals surface area contributed by atoms with Crippen molar-refractivity contribution in [3.8, 4) is 11.5 Å². The molecule has 296 valence electrons. The number of fused-ring (bicyclic) bond motifs is 2. The normalized spacial score (nSPS) is 14.0. The maximum Gasteiger partial charge on any atom is 1.00 e. The number of likely N-dealkylation sites (N-methyl/N-ethyl adjacent to an activating group) is 1. The van der Waals surface area contributed by atoms with Gasteiger partial charge in [0.1, 0.15) is 24.6 Å². The number of hydrogen-bond donors (Lipinski definition) is 2. The minimum absolute atomic E-state index is 0. The molecule has 2 N–H and O–H groups in total. The van der Waals surface area contributed by atoms with Crippen LogP contribution in [0.4, 0.5) is 5.69 Å². The summed E-state index contributed by atoms with van der Waals surface area (Å²) in [6.45, 7) is 15.5. The van der Waals surface area contributed by atoms with Crippen LogP contribution in [0.3, 0.4) is 0 Å². The van der Waals surface area contributed by atoms with Crippen LogP contribution in [-0.2, 0) is 4.74 Å². The van der Waals surface area contributed by atoms with Crippen LogP contribution in [0.15, 0.2) is 64.6 Å². The van der Waals surface area contributed by atoms with E-state index in [1.165, 1.54) is 12.8 Å². The second-order valence-electron chi connectivity index (χ2n) is 15.5. The van der Waals surface area contributed by atoms with Gasteiger partial charge in [-0.3, -0.25) is 0 Å². The van der Waals surface area contributed by atoms with Crippen LogP contribution in [0.1, 0.15) is 65.6 Å². The molecule has 0 unspecified atom stereocenters. The molecule has 0 bridgehead atoms. The van der Waals surface area contributed by atoms with Crippen molar-refractivity contribution in [1.82, 2.24) is 5.32 Å². The average Bonchev–Trinajstić information content (AvgIpc) is 3.13. The maximum atomic E-state index is 12.5. The van der Waals surface area contributed by atoms with Gasteiger partial charge >= 0.3 is 51.4 Å². The summed E-state index contributed by atoms with van der Waals surface area (Å²) >= 11 is 5.58. The molecule has 2 aliphatic rings. The number of anilines is 1. The van der Waals surface area contributed by atoms with Crippen LogP contribution in [0.5, 0.6) is 11.5 Å². The fourth-order valence-electron chi connectivity index (χ4n) is 7.11. The van der Waals surface area contributed by atoms with Gasteiger partial charge in [0.05, 0.1) is 72.5 Å². The number of thiocarbonyl (C=S) groups is 1. The number of nitrogens with one attached hydrogen (secondary N) is 2. The number of rotatable bonds is 18. The van der Waals surface area contributed by atoms with E-state index in [1.807, 2.05) is 49.4 Å². The number of benzene rings is 3. The van der Waals surface area contributed by atoms with Crippen LogP contribution in [0.25, 0.3) is 12.2 Å². The summed E-state index contributed by atoms with van der Waals surface area (Å²) in [5, 5.41) is 21.0. The Bertz CT molecular complexity index is 1980. The van der Waals surface area contributed by atoms with Gasteiger partial charge in [-0.1, -0.05) is 43.3 Å². The third kappa shape index (κ3) is 14.7. The first-order valence-electron chi connectivity index (χ1n) is 19.3. The molecule has 10 nitrogen and oxygen atoms in total. The first-order valence-corrected chi connectivity index (χ1v) is 19.7. The number of aliphatic imine (C=N–C) groups is 2. The van der Waals surface area contributed by atoms with Crippen molar-refractivity contribution in [2.45, 2.75) is 45.4 Å². The summed E-state index contributed by atoms with van der Waals surface area (Å²) in [4.78, 5) is 21.2. The molecule has 1 fully saturated rings. The zero-order chi connectivity index (χ0) is 38.6. The molecule has 3 aromatic carbocycles. The Kier molecular flexibility index (Phi) is 20.3. The average molecular weight is 920 g/mol. The van der Waals surface area contributed by atoms with Crippen molar-refractivity contribution in [2.75, 3.05) is 92.0 Å². The van der Waals surface area contributed by atoms with Gasteiger partial charge < -0.3 is 63.0 Å². The van der Waals surface area contributed by atoms with E-state index in [9.17, 15) is 9.90 Å². The Hall–Kier alpha value is -2.01. The standard InChI is InChI=1S/C43H56N6O4S.HI.K/c1-32-12-15-36-39(28-32)53-40-29-33(2)13-16-37(40)41(36)35-17-14-34(30-38(35)42(50)51)47-43(54)46-20-11-22-48(3,4)21-9-7-6-8-18-44-31-45-19-10-23-49(5)24-26-52-27-25-49;;/h12-17,28-30H,1,6-11,18-27H2,2-5H3,(H-2,46,47,50,51,54);1H;/q;;+1. The predicted molar refractivity (Wildman–Crippen MR) is 220 cm³/mol. The van der Waals surface area contributed by atoms with Crippen molar-refractivity contribution in [3.05, 3.63) is 87.3 Å². The summed E-state index contributed by atoms with van der Waals surface area (Å²) in [5.74, 6) is 0.0405. The molecular formula is C43H57IKN6O4S+. The largest absolute Gasteiger partial charge is 1.00 e. The van der Waals surface area contributed by atoms with Crippen LogP contribution < -0.4 is 106 Å². The molecule has 2 heterocycles. The number of morpholine rings is 1. The summed E-state index contributed by atoms with van der Waals surface area (Å²) in [7, 11) is 6.85. The van der Waals surface area contributed by atoms with E-state index in [0.29, 0.717) is 34.4 Å². The van der Waals surface area contributed by atoms with Crippen molar-refractivity contribution in [1.29, 1.82) is 0 Å². The third-order valence-corrected chi connectivity index (χ3v) is 10.6. The number of carbonyl (C=O) groups excluding carboxylic acids is 1. The van der Waals surface area contributed by atoms with Crippen molar-refractivity contribution < 1.29 is 104 Å². The molecular weight excluding hydrogens is 863 g/mol. The molecule has 0 spiro atoms. The molecule has 5 rings (SSSR count). The first-order chi connectivity index (χ1) is 25.9. The van der Waals surface area contributed by atoms with Gasteiger partial charge in [0.25, 0.3) is 0 Å². The first kappa shape index (κ1) is 48.4. The molecule has 0 atom stereocenters. The smallest absolute Gasteiger partial charge is 1.00 e. The molecule has 3 aromatic rings. The minimum atomic E-state index is -1.27. The molecule has 0 radical (unpaired) electrons. The number of carboxylic acids is 1. The van der Waals surface area contributed by atoms with Gasteiger partial charge in [-0.15, -0.1) is 0 Å². The third-order valence-electron chi connectivity index (χ3n) is 10.4. The van der Waals surface area contributed by atoms with E-state index in [0.717, 1.165) is 121 Å². The predicted octanol–water partition coefficient (Wildman–Crippen LogP) is -1.52. The van der Waals surface area contributed by atoms with Crippen LogP contribution in [0, 0.1) is 6.92 Å². The Morgan fingerprint density at radius 3 is 2.38 bits per heavy atom. The van der Waals surface area contributed by atoms with Crippen molar-refractivity contribution in [3.63, 3.8) is 0 Å². The number of aromatic carboxylic acids is 1. The number of quaternary nitrogens is 2. The van der Waals surface area contributed by atoms with Crippen molar-refractivity contribution in [2.24, 2.45) is 9.98 Å². The SMILES string of the molecule is C=c1ccc2c(c1)Oc1cc(C)ccc1C=2c1ccc(NC(=S)NCCC[N+](C)(C)CCCCCCN=C=NCCC[N+]2(C)CCOCC2)cc1C(=O)[O-].[I-].[K+]. The van der Waals surface area contributed by atoms with E-state index in [-0.39, 0.29) is 80.9 Å². The van der Waals surface area contributed by atoms with Crippen LogP contribution in [0.2, 0.25) is 0 Å². The number of carboxylic acid groups (broad SMARTS) is 1. The second kappa shape index (κ2) is 23.5. The van der Waals surface area contributed by atoms with Gasteiger partial charge in [0, 0.05) is 53.5 Å². The van der Waals surface area contributed by atoms with Crippen LogP contribution in [-0.4, -0.2) is 113 Å². The van der Waals surface area contributed by atoms with Gasteiger partial charge in [-0.25, -0.2) is 9.98 Å². The molecule has 2 aliphatic heterocycles. The Morgan fingerprint density at radius 2 is 1.62 bits per heavy atom. The summed E-state index contributed by atoms with van der Waals surface area (Å²) < 4.78 is 13.7. The fraction of sp³-hybridized carbons (Fsp3) is 0.465. The van der Waals surface area contributed by atoms with E-state index < -0.39 is 5.97 Å². The van der Waals surface area contributed by atoms with Gasteiger partial charge in [-0.05, 0) is 79.0 Å². The molecule has 56 heavy (non-hydrogen) atoms. The number of halogens is 1. The monoisotopic (exact) mass is 919 g/mol. The molecule has 0 amide bonds. The Labute approximate surface area is 398 Å². The number of unbranched alkanes of at least 4 members (excludes halogenated alkanes) is 3. The van der Waals surface area contributed by atoms with E-state index in [2.05, 4.69) is 54.3 Å². The summed E-state index contributed by atoms with van der Waals surface area (Å²) in [6.07, 6.45) is 6.62. The van der Waals surface area contributed by atoms with E-state index in [4.69, 9.17) is 21.7 Å². The fourth-order valence-corrected chi connectivity index (χ4v) is 7.33. The van der Waals surface area contributed by atoms with E-state index >= 15 is 0 Å². The maximum absolute atomic E-state index is 12.5. The summed E-state index contributed by atoms with van der Waals surface area (Å²) in [6, 6.07) is 19.7. The topological polar surface area (TPSA) is 107 Å². The quantitative estimate of drug-likeness (QED) is 0.0313. The van der Waals surface area contributed by atoms with Crippen molar-refractivity contribution >= 4 is 47.1 Å². The van der Waals surface area contributed by atoms with Gasteiger partial charge in [0.15, 0.2) is 5.11 Å². The molecule has 13 heteroatoms. The zero-order valence-corrected chi connectivity index (χ0v) is 40.0.